The van der Waals surface area contributed by atoms with E-state index in [2.05, 4.69) is 39.5 Å². The lowest BCUT2D eigenvalue weighted by Gasteiger charge is -2.32. The van der Waals surface area contributed by atoms with Crippen molar-refractivity contribution in [2.45, 2.75) is 32.4 Å². The third kappa shape index (κ3) is 3.63. The third-order valence-electron chi connectivity index (χ3n) is 5.10. The molecule has 1 aliphatic heterocycles. The maximum absolute atomic E-state index is 12.6. The van der Waals surface area contributed by atoms with Crippen LogP contribution in [0.1, 0.15) is 34.6 Å². The summed E-state index contributed by atoms with van der Waals surface area (Å²) in [6, 6.07) is 16.7. The van der Waals surface area contributed by atoms with Gasteiger partial charge in [0.05, 0.1) is 0 Å². The molecule has 1 amide bonds. The molecule has 5 nitrogen and oxygen atoms in total. The van der Waals surface area contributed by atoms with Gasteiger partial charge in [0.25, 0.3) is 5.91 Å². The first kappa shape index (κ1) is 16.8. The molecule has 26 heavy (non-hydrogen) atoms. The topological polar surface area (TPSA) is 49.6 Å². The number of hydrogen-bond donors (Lipinski definition) is 1. The largest absolute Gasteiger partial charge is 0.348 e. The van der Waals surface area contributed by atoms with E-state index < -0.39 is 0 Å². The van der Waals surface area contributed by atoms with Crippen molar-refractivity contribution < 1.29 is 4.79 Å². The number of fused-ring (bicyclic) bond motifs is 1. The predicted molar refractivity (Wildman–Crippen MR) is 102 cm³/mol. The van der Waals surface area contributed by atoms with Gasteiger partial charge in [0, 0.05) is 37.6 Å². The Hall–Kier alpha value is -2.66. The van der Waals surface area contributed by atoms with Crippen LogP contribution in [0.4, 0.5) is 0 Å². The quantitative estimate of drug-likeness (QED) is 0.788. The number of aromatic nitrogens is 2. The first-order valence-electron chi connectivity index (χ1n) is 9.21. The van der Waals surface area contributed by atoms with Crippen molar-refractivity contribution >= 4 is 11.6 Å². The Morgan fingerprint density at radius 1 is 1.12 bits per heavy atom. The van der Waals surface area contributed by atoms with Crippen molar-refractivity contribution in [2.75, 3.05) is 13.1 Å². The van der Waals surface area contributed by atoms with E-state index in [9.17, 15) is 4.79 Å². The van der Waals surface area contributed by atoms with Gasteiger partial charge in [0.15, 0.2) is 0 Å². The second-order valence-electron chi connectivity index (χ2n) is 7.03. The first-order valence-corrected chi connectivity index (χ1v) is 9.21. The number of nitrogens with one attached hydrogen (secondary N) is 1. The molecule has 1 N–H and O–H groups in total. The number of carbonyl (C=O) groups is 1. The van der Waals surface area contributed by atoms with Crippen LogP contribution in [0.15, 0.2) is 54.7 Å². The molecule has 5 heteroatoms. The van der Waals surface area contributed by atoms with Gasteiger partial charge in [-0.3, -0.25) is 9.69 Å². The monoisotopic (exact) mass is 348 g/mol. The first-order chi connectivity index (χ1) is 12.7. The van der Waals surface area contributed by atoms with Crippen LogP contribution >= 0.6 is 0 Å². The summed E-state index contributed by atoms with van der Waals surface area (Å²) in [7, 11) is 0. The highest BCUT2D eigenvalue weighted by Gasteiger charge is 2.22. The average molecular weight is 348 g/mol. The number of pyridine rings is 1. The molecule has 1 saturated heterocycles. The zero-order valence-electron chi connectivity index (χ0n) is 15.1. The summed E-state index contributed by atoms with van der Waals surface area (Å²) >= 11 is 0. The minimum atomic E-state index is -0.0744. The van der Waals surface area contributed by atoms with Crippen LogP contribution in [0.25, 0.3) is 5.65 Å². The number of carbonyl (C=O) groups excluding carboxylic acids is 1. The van der Waals surface area contributed by atoms with Crippen LogP contribution in [0.5, 0.6) is 0 Å². The van der Waals surface area contributed by atoms with Gasteiger partial charge in [-0.05, 0) is 37.5 Å². The smallest absolute Gasteiger partial charge is 0.271 e. The zero-order chi connectivity index (χ0) is 17.9. The summed E-state index contributed by atoms with van der Waals surface area (Å²) < 4.78 is 1.96. The van der Waals surface area contributed by atoms with E-state index in [1.54, 1.807) is 0 Å². The van der Waals surface area contributed by atoms with Crippen molar-refractivity contribution in [1.82, 2.24) is 19.6 Å². The van der Waals surface area contributed by atoms with Gasteiger partial charge in [0.2, 0.25) is 0 Å². The second kappa shape index (κ2) is 7.30. The average Bonchev–Trinajstić information content (AvgIpc) is 3.10. The number of rotatable bonds is 4. The van der Waals surface area contributed by atoms with Gasteiger partial charge < -0.3 is 9.72 Å². The Labute approximate surface area is 153 Å². The van der Waals surface area contributed by atoms with Crippen LogP contribution in [0.3, 0.4) is 0 Å². The Balaban J connectivity index is 1.33. The van der Waals surface area contributed by atoms with Crippen molar-refractivity contribution in [2.24, 2.45) is 0 Å². The van der Waals surface area contributed by atoms with E-state index in [1.165, 1.54) is 5.56 Å². The van der Waals surface area contributed by atoms with Crippen molar-refractivity contribution in [3.63, 3.8) is 0 Å². The van der Waals surface area contributed by atoms with Crippen LogP contribution in [0.2, 0.25) is 0 Å². The number of imidazole rings is 1. The minimum absolute atomic E-state index is 0.0744. The fourth-order valence-corrected chi connectivity index (χ4v) is 3.59. The SMILES string of the molecule is Cc1cccc2nc(C(=O)NC3CCN(Cc4ccccc4)CC3)cn12. The summed E-state index contributed by atoms with van der Waals surface area (Å²) in [5.74, 6) is -0.0744. The molecule has 0 spiro atoms. The van der Waals surface area contributed by atoms with Crippen molar-refractivity contribution in [1.29, 1.82) is 0 Å². The third-order valence-corrected chi connectivity index (χ3v) is 5.10. The number of amides is 1. The molecular weight excluding hydrogens is 324 g/mol. The van der Waals surface area contributed by atoms with E-state index in [0.29, 0.717) is 5.69 Å². The number of benzene rings is 1. The van der Waals surface area contributed by atoms with Gasteiger partial charge in [-0.15, -0.1) is 0 Å². The van der Waals surface area contributed by atoms with E-state index in [-0.39, 0.29) is 11.9 Å². The lowest BCUT2D eigenvalue weighted by Crippen LogP contribution is -2.44. The Bertz CT molecular complexity index is 895. The molecule has 3 heterocycles. The molecule has 1 aliphatic rings. The van der Waals surface area contributed by atoms with Crippen LogP contribution in [-0.2, 0) is 6.54 Å². The summed E-state index contributed by atoms with van der Waals surface area (Å²) in [5, 5.41) is 3.16. The highest BCUT2D eigenvalue weighted by molar-refractivity contribution is 5.93. The minimum Gasteiger partial charge on any atom is -0.348 e. The van der Waals surface area contributed by atoms with Crippen LogP contribution in [-0.4, -0.2) is 39.3 Å². The molecule has 0 atom stereocenters. The van der Waals surface area contributed by atoms with Gasteiger partial charge >= 0.3 is 0 Å². The van der Waals surface area contributed by atoms with Crippen LogP contribution in [0, 0.1) is 6.92 Å². The summed E-state index contributed by atoms with van der Waals surface area (Å²) in [4.78, 5) is 19.5. The molecule has 0 bridgehead atoms. The number of nitrogens with zero attached hydrogens (tertiary/aromatic N) is 3. The highest BCUT2D eigenvalue weighted by atomic mass is 16.2. The highest BCUT2D eigenvalue weighted by Crippen LogP contribution is 2.15. The van der Waals surface area contributed by atoms with E-state index in [0.717, 1.165) is 43.8 Å². The summed E-state index contributed by atoms with van der Waals surface area (Å²) in [6.45, 7) is 5.00. The Kier molecular flexibility index (Phi) is 4.71. The molecule has 3 aromatic rings. The number of likely N-dealkylation sites (tertiary alicyclic amines) is 1. The standard InChI is InChI=1S/C21H24N4O/c1-16-6-5-9-20-23-19(15-25(16)20)21(26)22-18-10-12-24(13-11-18)14-17-7-3-2-4-8-17/h2-9,15,18H,10-14H2,1H3,(H,22,26). The molecule has 1 aromatic carbocycles. The molecule has 1 fully saturated rings. The number of aryl methyl sites for hydroxylation is 1. The summed E-state index contributed by atoms with van der Waals surface area (Å²) in [5.41, 5.74) is 3.72. The molecule has 134 valence electrons. The van der Waals surface area contributed by atoms with E-state index in [1.807, 2.05) is 41.8 Å². The maximum atomic E-state index is 12.6. The normalized spacial score (nSPS) is 16.0. The van der Waals surface area contributed by atoms with E-state index in [4.69, 9.17) is 0 Å². The fourth-order valence-electron chi connectivity index (χ4n) is 3.59. The maximum Gasteiger partial charge on any atom is 0.271 e. The number of piperidine rings is 1. The summed E-state index contributed by atoms with van der Waals surface area (Å²) in [6.07, 6.45) is 3.78. The van der Waals surface area contributed by atoms with Crippen molar-refractivity contribution in [3.05, 3.63) is 71.7 Å². The molecule has 0 saturated carbocycles. The molecule has 0 radical (unpaired) electrons. The molecule has 2 aromatic heterocycles. The predicted octanol–water partition coefficient (Wildman–Crippen LogP) is 3.04. The molecule has 0 aliphatic carbocycles. The van der Waals surface area contributed by atoms with Gasteiger partial charge in [-0.1, -0.05) is 36.4 Å². The van der Waals surface area contributed by atoms with Gasteiger partial charge in [-0.2, -0.15) is 0 Å². The van der Waals surface area contributed by atoms with Gasteiger partial charge in [-0.25, -0.2) is 4.98 Å². The molecule has 4 rings (SSSR count). The van der Waals surface area contributed by atoms with Gasteiger partial charge in [0.1, 0.15) is 11.3 Å². The fraction of sp³-hybridized carbons (Fsp3) is 0.333. The zero-order valence-corrected chi connectivity index (χ0v) is 15.1. The second-order valence-corrected chi connectivity index (χ2v) is 7.03. The van der Waals surface area contributed by atoms with Crippen molar-refractivity contribution in [3.8, 4) is 0 Å². The lowest BCUT2D eigenvalue weighted by molar-refractivity contribution is 0.0904. The lowest BCUT2D eigenvalue weighted by atomic mass is 10.0. The molecule has 0 unspecified atom stereocenters. The Morgan fingerprint density at radius 2 is 1.88 bits per heavy atom. The number of hydrogen-bond acceptors (Lipinski definition) is 3. The van der Waals surface area contributed by atoms with E-state index >= 15 is 0 Å². The Morgan fingerprint density at radius 3 is 2.62 bits per heavy atom. The molecular formula is C21H24N4O. The van der Waals surface area contributed by atoms with Crippen LogP contribution < -0.4 is 5.32 Å².